The van der Waals surface area contributed by atoms with E-state index in [1.807, 2.05) is 11.8 Å². The Kier molecular flexibility index (Phi) is 3.18. The first-order valence-corrected chi connectivity index (χ1v) is 6.96. The molecular weight excluding hydrogens is 244 g/mol. The van der Waals surface area contributed by atoms with Crippen molar-refractivity contribution in [1.29, 1.82) is 0 Å². The molecule has 6 nitrogen and oxygen atoms in total. The Bertz CT molecular complexity index is 485. The minimum Gasteiger partial charge on any atom is -0.396 e. The maximum atomic E-state index is 12.7. The molecule has 0 bridgehead atoms. The predicted molar refractivity (Wildman–Crippen MR) is 70.7 cm³/mol. The number of hydrogen-bond donors (Lipinski definition) is 1. The van der Waals surface area contributed by atoms with Crippen LogP contribution >= 0.6 is 0 Å². The van der Waals surface area contributed by atoms with Crippen LogP contribution in [0.3, 0.4) is 0 Å². The molecule has 1 amide bonds. The highest BCUT2D eigenvalue weighted by molar-refractivity contribution is 5.97. The van der Waals surface area contributed by atoms with Crippen molar-refractivity contribution >= 4 is 11.6 Å². The standard InChI is InChI=1S/C13H20N4O2/c1-2-17-12(9(14)8-15-17)13(18)16-6-7-19-11-5-3-4-10(11)16/h8,10-11H,2-7,14H2,1H3. The van der Waals surface area contributed by atoms with Crippen molar-refractivity contribution < 1.29 is 9.53 Å². The fourth-order valence-electron chi connectivity index (χ4n) is 3.19. The molecule has 3 rings (SSSR count). The lowest BCUT2D eigenvalue weighted by Gasteiger charge is -2.37. The highest BCUT2D eigenvalue weighted by Crippen LogP contribution is 2.31. The van der Waals surface area contributed by atoms with Gasteiger partial charge in [-0.05, 0) is 26.2 Å². The van der Waals surface area contributed by atoms with E-state index in [-0.39, 0.29) is 18.1 Å². The van der Waals surface area contributed by atoms with Crippen molar-refractivity contribution in [3.8, 4) is 0 Å². The highest BCUT2D eigenvalue weighted by Gasteiger charge is 2.39. The summed E-state index contributed by atoms with van der Waals surface area (Å²) in [6.07, 6.45) is 4.97. The van der Waals surface area contributed by atoms with Crippen LogP contribution in [-0.2, 0) is 11.3 Å². The number of aryl methyl sites for hydroxylation is 1. The fourth-order valence-corrected chi connectivity index (χ4v) is 3.19. The van der Waals surface area contributed by atoms with Crippen molar-refractivity contribution in [1.82, 2.24) is 14.7 Å². The second kappa shape index (κ2) is 4.85. The topological polar surface area (TPSA) is 73.4 Å². The van der Waals surface area contributed by atoms with Crippen LogP contribution in [0.4, 0.5) is 5.69 Å². The van der Waals surface area contributed by atoms with Gasteiger partial charge in [0.1, 0.15) is 5.69 Å². The summed E-state index contributed by atoms with van der Waals surface area (Å²) in [6, 6.07) is 0.209. The summed E-state index contributed by atoms with van der Waals surface area (Å²) in [6.45, 7) is 3.87. The number of carbonyl (C=O) groups is 1. The van der Waals surface area contributed by atoms with Gasteiger partial charge in [-0.3, -0.25) is 9.48 Å². The summed E-state index contributed by atoms with van der Waals surface area (Å²) in [7, 11) is 0. The van der Waals surface area contributed by atoms with Gasteiger partial charge in [0, 0.05) is 13.1 Å². The molecule has 1 aromatic rings. The maximum absolute atomic E-state index is 12.7. The molecule has 2 unspecified atom stereocenters. The number of aromatic nitrogens is 2. The van der Waals surface area contributed by atoms with E-state index in [0.29, 0.717) is 31.1 Å². The third kappa shape index (κ3) is 2.00. The lowest BCUT2D eigenvalue weighted by Crippen LogP contribution is -2.51. The number of nitrogen functional groups attached to an aromatic ring is 1. The van der Waals surface area contributed by atoms with Gasteiger partial charge in [-0.15, -0.1) is 0 Å². The number of morpholine rings is 1. The van der Waals surface area contributed by atoms with E-state index in [9.17, 15) is 4.79 Å². The van der Waals surface area contributed by atoms with Crippen LogP contribution < -0.4 is 5.73 Å². The molecule has 2 fully saturated rings. The number of nitrogens with zero attached hydrogens (tertiary/aromatic N) is 3. The van der Waals surface area contributed by atoms with Crippen molar-refractivity contribution in [2.45, 2.75) is 44.9 Å². The molecule has 2 aliphatic rings. The Morgan fingerprint density at radius 1 is 1.58 bits per heavy atom. The third-order valence-electron chi connectivity index (χ3n) is 4.11. The van der Waals surface area contributed by atoms with Gasteiger partial charge in [-0.2, -0.15) is 5.10 Å². The van der Waals surface area contributed by atoms with Gasteiger partial charge < -0.3 is 15.4 Å². The summed E-state index contributed by atoms with van der Waals surface area (Å²) in [4.78, 5) is 14.7. The van der Waals surface area contributed by atoms with Gasteiger partial charge in [0.05, 0.1) is 30.6 Å². The second-order valence-corrected chi connectivity index (χ2v) is 5.17. The van der Waals surface area contributed by atoms with Crippen LogP contribution in [-0.4, -0.2) is 45.9 Å². The fraction of sp³-hybridized carbons (Fsp3) is 0.692. The number of rotatable bonds is 2. The number of ether oxygens (including phenoxy) is 1. The van der Waals surface area contributed by atoms with Crippen molar-refractivity contribution in [3.63, 3.8) is 0 Å². The largest absolute Gasteiger partial charge is 0.396 e. The SMILES string of the molecule is CCn1ncc(N)c1C(=O)N1CCOC2CCCC21. The molecule has 1 saturated heterocycles. The third-order valence-corrected chi connectivity index (χ3v) is 4.11. The van der Waals surface area contributed by atoms with E-state index in [1.165, 1.54) is 0 Å². The van der Waals surface area contributed by atoms with Gasteiger partial charge in [-0.1, -0.05) is 0 Å². The smallest absolute Gasteiger partial charge is 0.274 e. The normalized spacial score (nSPS) is 26.5. The second-order valence-electron chi connectivity index (χ2n) is 5.17. The van der Waals surface area contributed by atoms with Crippen LogP contribution in [0.5, 0.6) is 0 Å². The zero-order valence-electron chi connectivity index (χ0n) is 11.2. The zero-order valence-corrected chi connectivity index (χ0v) is 11.2. The average Bonchev–Trinajstić information content (AvgIpc) is 3.03. The molecule has 1 aliphatic heterocycles. The van der Waals surface area contributed by atoms with Gasteiger partial charge in [0.2, 0.25) is 0 Å². The minimum absolute atomic E-state index is 0.00273. The summed E-state index contributed by atoms with van der Waals surface area (Å²) >= 11 is 0. The first-order chi connectivity index (χ1) is 9.22. The zero-order chi connectivity index (χ0) is 13.4. The Hall–Kier alpha value is -1.56. The van der Waals surface area contributed by atoms with Gasteiger partial charge in [0.25, 0.3) is 5.91 Å². The molecule has 1 aromatic heterocycles. The minimum atomic E-state index is -0.00273. The van der Waals surface area contributed by atoms with Crippen LogP contribution in [0.2, 0.25) is 0 Å². The molecule has 2 heterocycles. The van der Waals surface area contributed by atoms with E-state index in [4.69, 9.17) is 10.5 Å². The lowest BCUT2D eigenvalue weighted by molar-refractivity contribution is -0.0448. The summed E-state index contributed by atoms with van der Waals surface area (Å²) < 4.78 is 7.42. The molecule has 2 atom stereocenters. The predicted octanol–water partition coefficient (Wildman–Crippen LogP) is 0.879. The Morgan fingerprint density at radius 2 is 2.42 bits per heavy atom. The number of amides is 1. The number of nitrogens with two attached hydrogens (primary N) is 1. The van der Waals surface area contributed by atoms with E-state index in [0.717, 1.165) is 19.3 Å². The molecule has 1 aliphatic carbocycles. The number of carbonyl (C=O) groups excluding carboxylic acids is 1. The summed E-state index contributed by atoms with van der Waals surface area (Å²) in [5, 5.41) is 4.15. The van der Waals surface area contributed by atoms with E-state index in [2.05, 4.69) is 5.10 Å². The molecular formula is C13H20N4O2. The maximum Gasteiger partial charge on any atom is 0.274 e. The number of anilines is 1. The van der Waals surface area contributed by atoms with Crippen molar-refractivity contribution in [2.24, 2.45) is 0 Å². The van der Waals surface area contributed by atoms with Crippen LogP contribution in [0, 0.1) is 0 Å². The molecule has 2 N–H and O–H groups in total. The van der Waals surface area contributed by atoms with Crippen molar-refractivity contribution in [3.05, 3.63) is 11.9 Å². The first kappa shape index (κ1) is 12.5. The highest BCUT2D eigenvalue weighted by atomic mass is 16.5. The number of fused-ring (bicyclic) bond motifs is 1. The Labute approximate surface area is 112 Å². The van der Waals surface area contributed by atoms with Crippen molar-refractivity contribution in [2.75, 3.05) is 18.9 Å². The molecule has 104 valence electrons. The van der Waals surface area contributed by atoms with E-state index < -0.39 is 0 Å². The Balaban J connectivity index is 1.88. The molecule has 19 heavy (non-hydrogen) atoms. The summed E-state index contributed by atoms with van der Waals surface area (Å²) in [5.74, 6) is -0.00273. The molecule has 1 saturated carbocycles. The number of hydrogen-bond acceptors (Lipinski definition) is 4. The monoisotopic (exact) mass is 264 g/mol. The first-order valence-electron chi connectivity index (χ1n) is 6.96. The molecule has 6 heteroatoms. The average molecular weight is 264 g/mol. The molecule has 0 aromatic carbocycles. The summed E-state index contributed by atoms with van der Waals surface area (Å²) in [5.41, 5.74) is 6.89. The Morgan fingerprint density at radius 3 is 3.21 bits per heavy atom. The van der Waals surface area contributed by atoms with E-state index >= 15 is 0 Å². The quantitative estimate of drug-likeness (QED) is 0.860. The van der Waals surface area contributed by atoms with Gasteiger partial charge in [0.15, 0.2) is 0 Å². The van der Waals surface area contributed by atoms with Crippen LogP contribution in [0.25, 0.3) is 0 Å². The van der Waals surface area contributed by atoms with E-state index in [1.54, 1.807) is 10.9 Å². The van der Waals surface area contributed by atoms with Crippen LogP contribution in [0.1, 0.15) is 36.7 Å². The van der Waals surface area contributed by atoms with Crippen LogP contribution in [0.15, 0.2) is 6.20 Å². The van der Waals surface area contributed by atoms with Gasteiger partial charge >= 0.3 is 0 Å². The molecule has 0 spiro atoms. The van der Waals surface area contributed by atoms with Gasteiger partial charge in [-0.25, -0.2) is 0 Å². The lowest BCUT2D eigenvalue weighted by atomic mass is 10.1. The molecule has 0 radical (unpaired) electrons.